The van der Waals surface area contributed by atoms with Crippen molar-refractivity contribution in [2.75, 3.05) is 11.9 Å². The zero-order chi connectivity index (χ0) is 23.3. The first kappa shape index (κ1) is 22.3. The Labute approximate surface area is 205 Å². The van der Waals surface area contributed by atoms with Crippen molar-refractivity contribution in [3.63, 3.8) is 0 Å². The summed E-state index contributed by atoms with van der Waals surface area (Å²) in [5.74, 6) is 2.07. The predicted octanol–water partition coefficient (Wildman–Crippen LogP) is 5.34. The molecule has 2 aromatic rings. The van der Waals surface area contributed by atoms with Crippen LogP contribution in [0.25, 0.3) is 0 Å². The SMILES string of the molecule is CC(CCc1ccccc1)NC(=O)c1c(NC(=O)C23CC4CC(CC2C4)C3)sc2c1CCOC2. The second-order valence-corrected chi connectivity index (χ2v) is 12.2. The Hall–Kier alpha value is -2.18. The number of nitrogens with one attached hydrogen (secondary N) is 2. The highest BCUT2D eigenvalue weighted by Crippen LogP contribution is 2.65. The van der Waals surface area contributed by atoms with Crippen LogP contribution in [0.1, 0.15) is 71.8 Å². The summed E-state index contributed by atoms with van der Waals surface area (Å²) in [6.07, 6.45) is 8.33. The van der Waals surface area contributed by atoms with Crippen LogP contribution in [0.5, 0.6) is 0 Å². The van der Waals surface area contributed by atoms with Crippen molar-refractivity contribution >= 4 is 28.2 Å². The molecule has 3 unspecified atom stereocenters. The van der Waals surface area contributed by atoms with E-state index in [1.54, 1.807) is 0 Å². The zero-order valence-electron chi connectivity index (χ0n) is 19.9. The molecule has 1 aromatic carbocycles. The molecule has 6 heteroatoms. The number of aryl methyl sites for hydroxylation is 1. The van der Waals surface area contributed by atoms with Crippen molar-refractivity contribution in [1.82, 2.24) is 5.32 Å². The molecule has 34 heavy (non-hydrogen) atoms. The summed E-state index contributed by atoms with van der Waals surface area (Å²) in [6.45, 7) is 3.21. The van der Waals surface area contributed by atoms with Gasteiger partial charge in [-0.05, 0) is 87.2 Å². The largest absolute Gasteiger partial charge is 0.376 e. The molecule has 1 aliphatic heterocycles. The molecule has 5 nitrogen and oxygen atoms in total. The van der Waals surface area contributed by atoms with E-state index < -0.39 is 0 Å². The predicted molar refractivity (Wildman–Crippen MR) is 134 cm³/mol. The third-order valence-corrected chi connectivity index (χ3v) is 9.92. The number of fused-ring (bicyclic) bond motifs is 1. The van der Waals surface area contributed by atoms with Gasteiger partial charge in [-0.3, -0.25) is 9.59 Å². The van der Waals surface area contributed by atoms with E-state index in [1.165, 1.54) is 36.2 Å². The van der Waals surface area contributed by atoms with E-state index in [1.807, 2.05) is 6.07 Å². The summed E-state index contributed by atoms with van der Waals surface area (Å²) in [7, 11) is 0. The van der Waals surface area contributed by atoms with Crippen LogP contribution in [-0.2, 0) is 29.0 Å². The zero-order valence-corrected chi connectivity index (χ0v) is 20.7. The summed E-state index contributed by atoms with van der Waals surface area (Å²) >= 11 is 1.54. The summed E-state index contributed by atoms with van der Waals surface area (Å²) in [4.78, 5) is 28.3. The monoisotopic (exact) mass is 478 g/mol. The normalized spacial score (nSPS) is 29.6. The lowest BCUT2D eigenvalue weighted by molar-refractivity contribution is -0.127. The maximum atomic E-state index is 13.7. The number of rotatable bonds is 7. The molecule has 4 saturated carbocycles. The van der Waals surface area contributed by atoms with Gasteiger partial charge in [-0.15, -0.1) is 11.3 Å². The molecule has 4 aliphatic carbocycles. The van der Waals surface area contributed by atoms with Gasteiger partial charge in [0.05, 0.1) is 24.2 Å². The lowest BCUT2D eigenvalue weighted by Crippen LogP contribution is -2.38. The number of carbonyl (C=O) groups excluding carboxylic acids is 2. The van der Waals surface area contributed by atoms with Gasteiger partial charge in [0.25, 0.3) is 5.91 Å². The molecule has 0 saturated heterocycles. The molecule has 7 rings (SSSR count). The summed E-state index contributed by atoms with van der Waals surface area (Å²) in [5.41, 5.74) is 2.82. The molecular formula is C28H34N2O3S. The third kappa shape index (κ3) is 3.89. The minimum atomic E-state index is -0.203. The molecule has 1 aromatic heterocycles. The molecule has 0 radical (unpaired) electrons. The summed E-state index contributed by atoms with van der Waals surface area (Å²) in [5, 5.41) is 7.24. The van der Waals surface area contributed by atoms with Crippen LogP contribution in [-0.4, -0.2) is 24.5 Å². The van der Waals surface area contributed by atoms with Crippen LogP contribution >= 0.6 is 11.3 Å². The molecule has 4 bridgehead atoms. The van der Waals surface area contributed by atoms with Crippen LogP contribution in [0.4, 0.5) is 5.00 Å². The molecule has 3 atom stereocenters. The fourth-order valence-corrected chi connectivity index (χ4v) is 8.53. The van der Waals surface area contributed by atoms with E-state index in [-0.39, 0.29) is 23.3 Å². The molecular weight excluding hydrogens is 444 g/mol. The van der Waals surface area contributed by atoms with Crippen LogP contribution < -0.4 is 10.6 Å². The number of carbonyl (C=O) groups is 2. The number of benzene rings is 1. The smallest absolute Gasteiger partial charge is 0.254 e. The second-order valence-electron chi connectivity index (χ2n) is 11.1. The van der Waals surface area contributed by atoms with Gasteiger partial charge in [0.15, 0.2) is 0 Å². The quantitative estimate of drug-likeness (QED) is 0.565. The van der Waals surface area contributed by atoms with Gasteiger partial charge in [0.2, 0.25) is 5.91 Å². The molecule has 2 amide bonds. The van der Waals surface area contributed by atoms with Crippen molar-refractivity contribution in [3.05, 3.63) is 51.9 Å². The van der Waals surface area contributed by atoms with Crippen molar-refractivity contribution < 1.29 is 14.3 Å². The Morgan fingerprint density at radius 3 is 2.68 bits per heavy atom. The number of ether oxygens (including phenoxy) is 1. The number of thiophene rings is 1. The van der Waals surface area contributed by atoms with Crippen molar-refractivity contribution in [2.24, 2.45) is 23.2 Å². The van der Waals surface area contributed by atoms with Crippen LogP contribution in [0, 0.1) is 23.2 Å². The highest BCUT2D eigenvalue weighted by atomic mass is 32.1. The van der Waals surface area contributed by atoms with Crippen LogP contribution in [0.15, 0.2) is 30.3 Å². The van der Waals surface area contributed by atoms with Crippen molar-refractivity contribution in [3.8, 4) is 0 Å². The maximum absolute atomic E-state index is 13.7. The highest BCUT2D eigenvalue weighted by Gasteiger charge is 2.61. The van der Waals surface area contributed by atoms with Crippen LogP contribution in [0.2, 0.25) is 0 Å². The second kappa shape index (κ2) is 8.80. The maximum Gasteiger partial charge on any atom is 0.254 e. The van der Waals surface area contributed by atoms with Gasteiger partial charge in [-0.25, -0.2) is 0 Å². The highest BCUT2D eigenvalue weighted by molar-refractivity contribution is 7.17. The third-order valence-electron chi connectivity index (χ3n) is 8.80. The van der Waals surface area contributed by atoms with E-state index in [0.717, 1.165) is 59.4 Å². The Balaban J connectivity index is 1.20. The Bertz CT molecular complexity index is 1080. The minimum Gasteiger partial charge on any atom is -0.376 e. The fourth-order valence-electron chi connectivity index (χ4n) is 7.35. The summed E-state index contributed by atoms with van der Waals surface area (Å²) in [6, 6.07) is 10.4. The molecule has 180 valence electrons. The molecule has 0 spiro atoms. The first-order chi connectivity index (χ1) is 16.5. The minimum absolute atomic E-state index is 0.0476. The van der Waals surface area contributed by atoms with E-state index in [0.29, 0.717) is 24.7 Å². The first-order valence-electron chi connectivity index (χ1n) is 12.9. The van der Waals surface area contributed by atoms with Gasteiger partial charge in [0, 0.05) is 10.9 Å². The van der Waals surface area contributed by atoms with Gasteiger partial charge >= 0.3 is 0 Å². The van der Waals surface area contributed by atoms with Crippen LogP contribution in [0.3, 0.4) is 0 Å². The van der Waals surface area contributed by atoms with Gasteiger partial charge in [0.1, 0.15) is 5.00 Å². The van der Waals surface area contributed by atoms with E-state index in [4.69, 9.17) is 4.74 Å². The topological polar surface area (TPSA) is 67.4 Å². The first-order valence-corrected chi connectivity index (χ1v) is 13.7. The lowest BCUT2D eigenvalue weighted by atomic mass is 9.75. The number of amides is 2. The van der Waals surface area contributed by atoms with Crippen molar-refractivity contribution in [2.45, 2.75) is 70.9 Å². The molecule has 5 aliphatic rings. The Kier molecular flexibility index (Phi) is 5.77. The average Bonchev–Trinajstić information content (AvgIpc) is 3.41. The van der Waals surface area contributed by atoms with E-state index >= 15 is 0 Å². The fraction of sp³-hybridized carbons (Fsp3) is 0.571. The lowest BCUT2D eigenvalue weighted by Gasteiger charge is -2.31. The summed E-state index contributed by atoms with van der Waals surface area (Å²) < 4.78 is 5.67. The number of hydrogen-bond acceptors (Lipinski definition) is 4. The van der Waals surface area contributed by atoms with E-state index in [9.17, 15) is 9.59 Å². The standard InChI is InChI=1S/C28H34N2O3S/c1-17(7-8-18-5-3-2-4-6-18)29-25(31)24-22-9-10-33-16-23(22)34-26(24)30-27(32)28-14-19-11-20(15-28)13-21(28)12-19/h2-6,17,19-21H,7-16H2,1H3,(H,29,31)(H,30,32). The van der Waals surface area contributed by atoms with Gasteiger partial charge < -0.3 is 15.4 Å². The number of hydrogen-bond donors (Lipinski definition) is 2. The number of anilines is 1. The van der Waals surface area contributed by atoms with Gasteiger partial charge in [-0.2, -0.15) is 0 Å². The van der Waals surface area contributed by atoms with Crippen molar-refractivity contribution in [1.29, 1.82) is 0 Å². The Morgan fingerprint density at radius 1 is 1.15 bits per heavy atom. The Morgan fingerprint density at radius 2 is 1.91 bits per heavy atom. The molecule has 2 N–H and O–H groups in total. The van der Waals surface area contributed by atoms with E-state index in [2.05, 4.69) is 41.8 Å². The molecule has 2 heterocycles. The van der Waals surface area contributed by atoms with Gasteiger partial charge in [-0.1, -0.05) is 30.3 Å². The molecule has 4 fully saturated rings. The average molecular weight is 479 g/mol.